The fourth-order valence-corrected chi connectivity index (χ4v) is 4.89. The highest BCUT2D eigenvalue weighted by Gasteiger charge is 2.35. The largest absolute Gasteiger partial charge is 0.481 e. The van der Waals surface area contributed by atoms with Crippen LogP contribution in [0.25, 0.3) is 0 Å². The van der Waals surface area contributed by atoms with E-state index in [4.69, 9.17) is 5.73 Å². The van der Waals surface area contributed by atoms with E-state index in [1.54, 1.807) is 0 Å². The molecule has 6 amide bonds. The van der Waals surface area contributed by atoms with Gasteiger partial charge in [-0.25, -0.2) is 4.39 Å². The minimum absolute atomic E-state index is 0.0101. The van der Waals surface area contributed by atoms with Gasteiger partial charge >= 0.3 is 11.9 Å². The number of carbonyl (C=O) groups excluding carboxylic acids is 6. The quantitative estimate of drug-likeness (QED) is 0.0806. The summed E-state index contributed by atoms with van der Waals surface area (Å²) in [6.45, 7) is -0.550. The molecule has 18 nitrogen and oxygen atoms in total. The van der Waals surface area contributed by atoms with Crippen LogP contribution < -0.4 is 37.6 Å². The lowest BCUT2D eigenvalue weighted by Gasteiger charge is -2.25. The Hall–Kier alpha value is -5.17. The van der Waals surface area contributed by atoms with Crippen LogP contribution in [0.4, 0.5) is 4.39 Å². The second-order valence-electron chi connectivity index (χ2n) is 11.6. The molecule has 1 fully saturated rings. The Labute approximate surface area is 286 Å². The maximum absolute atomic E-state index is 13.4. The number of aliphatic carboxylic acids is 2. The Kier molecular flexibility index (Phi) is 17.2. The summed E-state index contributed by atoms with van der Waals surface area (Å²) in [7, 11) is 0. The average molecular weight is 710 g/mol. The van der Waals surface area contributed by atoms with Gasteiger partial charge < -0.3 is 53.0 Å². The number of aliphatic hydroxyl groups is 1. The topological polar surface area (TPSA) is 295 Å². The van der Waals surface area contributed by atoms with Crippen LogP contribution in [0.2, 0.25) is 0 Å². The van der Waals surface area contributed by atoms with Crippen molar-refractivity contribution in [2.75, 3.05) is 19.7 Å². The lowest BCUT2D eigenvalue weighted by Crippen LogP contribution is -2.58. The van der Waals surface area contributed by atoms with Gasteiger partial charge in [-0.2, -0.15) is 0 Å². The molecular formula is C31H44FN7O11. The summed E-state index contributed by atoms with van der Waals surface area (Å²) in [6.07, 6.45) is -0.873. The molecule has 0 spiro atoms. The Morgan fingerprint density at radius 1 is 0.660 bits per heavy atom. The van der Waals surface area contributed by atoms with Gasteiger partial charge in [-0.3, -0.25) is 38.4 Å². The molecule has 50 heavy (non-hydrogen) atoms. The second-order valence-corrected chi connectivity index (χ2v) is 11.6. The molecule has 2 rings (SSSR count). The van der Waals surface area contributed by atoms with Crippen molar-refractivity contribution in [2.45, 2.75) is 88.0 Å². The summed E-state index contributed by atoms with van der Waals surface area (Å²) < 4.78 is 13.2. The summed E-state index contributed by atoms with van der Waals surface area (Å²) in [6, 6.07) is -2.88. The molecule has 1 aromatic carbocycles. The van der Waals surface area contributed by atoms with E-state index in [1.807, 2.05) is 0 Å². The van der Waals surface area contributed by atoms with E-state index >= 15 is 0 Å². The third kappa shape index (κ3) is 14.1. The number of rotatable bonds is 16. The summed E-state index contributed by atoms with van der Waals surface area (Å²) in [5, 5.41) is 42.9. The summed E-state index contributed by atoms with van der Waals surface area (Å²) in [4.78, 5) is 102. The Balaban J connectivity index is 2.35. The molecule has 1 aliphatic heterocycles. The number of amides is 6. The summed E-state index contributed by atoms with van der Waals surface area (Å²) in [5.41, 5.74) is 5.75. The van der Waals surface area contributed by atoms with Crippen LogP contribution in [0, 0.1) is 5.82 Å². The first-order valence-electron chi connectivity index (χ1n) is 16.1. The third-order valence-corrected chi connectivity index (χ3v) is 7.63. The van der Waals surface area contributed by atoms with Crippen LogP contribution in [0.1, 0.15) is 68.1 Å². The lowest BCUT2D eigenvalue weighted by atomic mass is 10.0. The zero-order valence-corrected chi connectivity index (χ0v) is 27.2. The number of carboxylic acids is 2. The van der Waals surface area contributed by atoms with Crippen LogP contribution in [0.3, 0.4) is 0 Å². The van der Waals surface area contributed by atoms with Crippen molar-refractivity contribution in [3.63, 3.8) is 0 Å². The van der Waals surface area contributed by atoms with Crippen LogP contribution in [0.15, 0.2) is 24.3 Å². The third-order valence-electron chi connectivity index (χ3n) is 7.63. The minimum atomic E-state index is -1.78. The first kappa shape index (κ1) is 41.0. The van der Waals surface area contributed by atoms with Gasteiger partial charge in [-0.05, 0) is 75.8 Å². The van der Waals surface area contributed by atoms with Crippen molar-refractivity contribution < 1.29 is 58.1 Å². The van der Waals surface area contributed by atoms with Crippen molar-refractivity contribution in [1.29, 1.82) is 0 Å². The van der Waals surface area contributed by atoms with Crippen LogP contribution in [-0.2, 0) is 33.6 Å². The molecule has 0 aliphatic carbocycles. The maximum atomic E-state index is 13.4. The van der Waals surface area contributed by atoms with Gasteiger partial charge in [0.05, 0.1) is 13.0 Å². The van der Waals surface area contributed by atoms with Crippen molar-refractivity contribution in [3.8, 4) is 0 Å². The molecule has 19 heteroatoms. The lowest BCUT2D eigenvalue weighted by molar-refractivity contribution is -0.141. The molecule has 0 unspecified atom stereocenters. The molecule has 1 heterocycles. The molecule has 1 aliphatic rings. The van der Waals surface area contributed by atoms with Crippen molar-refractivity contribution in [2.24, 2.45) is 5.73 Å². The predicted molar refractivity (Wildman–Crippen MR) is 171 cm³/mol. The highest BCUT2D eigenvalue weighted by Crippen LogP contribution is 2.09. The molecule has 0 bridgehead atoms. The Morgan fingerprint density at radius 3 is 1.62 bits per heavy atom. The molecule has 1 aromatic rings. The Bertz CT molecular complexity index is 1380. The number of hydrogen-bond donors (Lipinski definition) is 10. The first-order valence-corrected chi connectivity index (χ1v) is 16.1. The molecule has 5 atom stereocenters. The van der Waals surface area contributed by atoms with Gasteiger partial charge in [-0.1, -0.05) is 0 Å². The van der Waals surface area contributed by atoms with E-state index in [0.29, 0.717) is 12.8 Å². The molecule has 0 aromatic heterocycles. The zero-order valence-electron chi connectivity index (χ0n) is 27.2. The van der Waals surface area contributed by atoms with Gasteiger partial charge in [0, 0.05) is 18.5 Å². The van der Waals surface area contributed by atoms with Crippen molar-refractivity contribution in [1.82, 2.24) is 31.9 Å². The number of nitrogens with one attached hydrogen (secondary N) is 6. The fourth-order valence-electron chi connectivity index (χ4n) is 4.89. The van der Waals surface area contributed by atoms with Crippen LogP contribution in [0.5, 0.6) is 0 Å². The number of carbonyl (C=O) groups is 8. The molecular weight excluding hydrogens is 665 g/mol. The van der Waals surface area contributed by atoms with E-state index in [-0.39, 0.29) is 44.3 Å². The van der Waals surface area contributed by atoms with Crippen LogP contribution >= 0.6 is 0 Å². The highest BCUT2D eigenvalue weighted by molar-refractivity contribution is 5.99. The minimum Gasteiger partial charge on any atom is -0.481 e. The number of benzene rings is 1. The van der Waals surface area contributed by atoms with E-state index in [2.05, 4.69) is 31.9 Å². The van der Waals surface area contributed by atoms with Gasteiger partial charge in [0.25, 0.3) is 5.91 Å². The van der Waals surface area contributed by atoms with Crippen LogP contribution in [-0.4, -0.2) is 113 Å². The Morgan fingerprint density at radius 2 is 1.12 bits per heavy atom. The predicted octanol–water partition coefficient (Wildman–Crippen LogP) is -2.38. The zero-order chi connectivity index (χ0) is 37.2. The highest BCUT2D eigenvalue weighted by atomic mass is 19.1. The number of nitrogens with two attached hydrogens (primary N) is 1. The van der Waals surface area contributed by atoms with E-state index < -0.39 is 109 Å². The molecule has 0 saturated carbocycles. The monoisotopic (exact) mass is 709 g/mol. The van der Waals surface area contributed by atoms with Crippen molar-refractivity contribution in [3.05, 3.63) is 35.6 Å². The summed E-state index contributed by atoms with van der Waals surface area (Å²) >= 11 is 0. The molecule has 11 N–H and O–H groups in total. The maximum Gasteiger partial charge on any atom is 0.305 e. The van der Waals surface area contributed by atoms with E-state index in [1.165, 1.54) is 12.1 Å². The van der Waals surface area contributed by atoms with Gasteiger partial charge in [0.2, 0.25) is 29.5 Å². The number of carboxylic acid groups (broad SMARTS) is 2. The average Bonchev–Trinajstić information content (AvgIpc) is 3.06. The smallest absolute Gasteiger partial charge is 0.305 e. The standard InChI is InChI=1S/C31H44FN7O11/c32-18-9-7-17(8-10-18)26(45)34-14-4-2-6-20-27(46)38-22(15-25(43)44)30(49)37-21(11-12-24(41)42)29(48)35-19(5-1-3-13-33)28(47)39-23(16-40)31(50)36-20/h7-10,19-23,40H,1-6,11-16,33H2,(H,34,45)(H,35,48)(H,36,50)(H,37,49)(H,38,46)(H,39,47)(H,41,42)(H,43,44)/t19-,20-,21-,22-,23-/m0/s1. The fraction of sp³-hybridized carbons (Fsp3) is 0.548. The second kappa shape index (κ2) is 21.0. The van der Waals surface area contributed by atoms with Gasteiger partial charge in [0.15, 0.2) is 0 Å². The summed E-state index contributed by atoms with van der Waals surface area (Å²) in [5.74, 6) is -8.88. The number of aliphatic hydroxyl groups excluding tert-OH is 1. The number of hydrogen-bond acceptors (Lipinski definition) is 10. The normalized spacial score (nSPS) is 22.1. The van der Waals surface area contributed by atoms with Gasteiger partial charge in [0.1, 0.15) is 36.0 Å². The van der Waals surface area contributed by atoms with Crippen molar-refractivity contribution >= 4 is 47.4 Å². The molecule has 0 radical (unpaired) electrons. The number of halogens is 1. The molecule has 1 saturated heterocycles. The number of unbranched alkanes of at least 4 members (excludes halogenated alkanes) is 2. The molecule has 276 valence electrons. The SMILES string of the molecule is NCCCC[C@@H]1NC(=O)[C@H](CCC(=O)O)NC(=O)[C@H](CC(=O)O)NC(=O)[C@H](CCCCNC(=O)c2ccc(F)cc2)NC(=O)[C@H](CO)NC1=O. The van der Waals surface area contributed by atoms with E-state index in [9.17, 15) is 58.1 Å². The first-order chi connectivity index (χ1) is 23.7. The van der Waals surface area contributed by atoms with Gasteiger partial charge in [-0.15, -0.1) is 0 Å². The van der Waals surface area contributed by atoms with E-state index in [0.717, 1.165) is 12.1 Å².